The molecule has 4 aromatic heterocycles. The second kappa shape index (κ2) is 20.0. The number of nitrogens with zero attached hydrogens (tertiary/aromatic N) is 8. The van der Waals surface area contributed by atoms with Gasteiger partial charge in [-0.3, -0.25) is 0 Å². The molecular formula is C12H12Cl2N8Ru-4. The van der Waals surface area contributed by atoms with Crippen molar-refractivity contribution in [1.82, 2.24) is 39.9 Å². The Labute approximate surface area is 149 Å². The third-order valence-electron chi connectivity index (χ3n) is 1.49. The first-order valence-electron chi connectivity index (χ1n) is 5.73. The van der Waals surface area contributed by atoms with E-state index in [1.807, 2.05) is 0 Å². The van der Waals surface area contributed by atoms with Gasteiger partial charge in [0.05, 0.1) is 0 Å². The van der Waals surface area contributed by atoms with Crippen LogP contribution < -0.4 is 19.9 Å². The van der Waals surface area contributed by atoms with Crippen molar-refractivity contribution in [3.63, 3.8) is 0 Å². The van der Waals surface area contributed by atoms with Crippen molar-refractivity contribution in [2.45, 2.75) is 0 Å². The quantitative estimate of drug-likeness (QED) is 0.379. The molecule has 0 atom stereocenters. The molecule has 0 bridgehead atoms. The first-order chi connectivity index (χ1) is 11.4. The average Bonchev–Trinajstić information content (AvgIpc) is 3.47. The van der Waals surface area contributed by atoms with Crippen LogP contribution >= 0.6 is 19.4 Å². The van der Waals surface area contributed by atoms with Gasteiger partial charge in [-0.05, 0) is 0 Å². The summed E-state index contributed by atoms with van der Waals surface area (Å²) in [4.78, 5) is 28.9. The number of aromatic nitrogens is 8. The number of imidazole rings is 4. The summed E-state index contributed by atoms with van der Waals surface area (Å²) in [7, 11) is 9.71. The van der Waals surface area contributed by atoms with E-state index in [4.69, 9.17) is 19.4 Å². The van der Waals surface area contributed by atoms with Crippen LogP contribution in [0.1, 0.15) is 0 Å². The van der Waals surface area contributed by atoms with Crippen LogP contribution in [-0.4, -0.2) is 19.9 Å². The SMILES string of the molecule is [Cl][Ru][Cl].c1c[n-]cn1.c1c[n-]cn1.c1c[n-]cn1.c1c[n-]cn1. The molecule has 0 N–H and O–H groups in total. The molecule has 0 saturated heterocycles. The average molecular weight is 440 g/mol. The molecule has 0 unspecified atom stereocenters. The summed E-state index contributed by atoms with van der Waals surface area (Å²) >= 11 is -0.346. The first kappa shape index (κ1) is 21.0. The molecule has 0 amide bonds. The molecule has 0 aliphatic heterocycles. The molecule has 0 aliphatic rings. The first-order valence-corrected chi connectivity index (χ1v) is 10.2. The summed E-state index contributed by atoms with van der Waals surface area (Å²) in [6, 6.07) is 0. The normalized spacial score (nSPS) is 7.91. The van der Waals surface area contributed by atoms with Gasteiger partial charge in [0.1, 0.15) is 0 Å². The van der Waals surface area contributed by atoms with Gasteiger partial charge in [-0.25, -0.2) is 0 Å². The van der Waals surface area contributed by atoms with Crippen molar-refractivity contribution in [3.05, 3.63) is 74.9 Å². The van der Waals surface area contributed by atoms with Crippen molar-refractivity contribution in [2.75, 3.05) is 0 Å². The minimum absolute atomic E-state index is 0.346. The third-order valence-corrected chi connectivity index (χ3v) is 1.49. The molecule has 8 nitrogen and oxygen atoms in total. The van der Waals surface area contributed by atoms with E-state index in [9.17, 15) is 0 Å². The Hall–Kier alpha value is -1.96. The monoisotopic (exact) mass is 440 g/mol. The van der Waals surface area contributed by atoms with E-state index in [2.05, 4.69) is 39.9 Å². The maximum Gasteiger partial charge on any atom is -0.0843 e. The minimum Gasteiger partial charge on any atom is -0.450 e. The van der Waals surface area contributed by atoms with E-state index in [0.29, 0.717) is 0 Å². The van der Waals surface area contributed by atoms with Gasteiger partial charge in [-0.15, -0.1) is 0 Å². The zero-order valence-corrected chi connectivity index (χ0v) is 14.9. The zero-order chi connectivity index (χ0) is 16.8. The van der Waals surface area contributed by atoms with Crippen molar-refractivity contribution in [1.29, 1.82) is 0 Å². The van der Waals surface area contributed by atoms with Crippen LogP contribution in [0.4, 0.5) is 0 Å². The topological polar surface area (TPSA) is 108 Å². The van der Waals surface area contributed by atoms with Gasteiger partial charge in [0, 0.05) is 0 Å². The standard InChI is InChI=1S/4C3H3N2.2ClH.Ru/c4*1-2-5-3-4-1;;;/h4*1-3H;2*1H;/q4*-1;;;+2/p-2. The molecule has 0 radical (unpaired) electrons. The minimum atomic E-state index is -0.346. The molecule has 4 heterocycles. The number of hydrogen-bond acceptors (Lipinski definition) is 4. The molecule has 0 saturated carbocycles. The third kappa shape index (κ3) is 20.0. The number of rotatable bonds is 0. The summed E-state index contributed by atoms with van der Waals surface area (Å²) in [6.45, 7) is 0. The van der Waals surface area contributed by atoms with Crippen LogP contribution in [0.15, 0.2) is 74.9 Å². The predicted molar refractivity (Wildman–Crippen MR) is 81.9 cm³/mol. The van der Waals surface area contributed by atoms with Crippen LogP contribution in [-0.2, 0) is 15.1 Å². The van der Waals surface area contributed by atoms with Crippen LogP contribution in [0.5, 0.6) is 0 Å². The van der Waals surface area contributed by atoms with Gasteiger partial charge < -0.3 is 39.9 Å². The van der Waals surface area contributed by atoms with Crippen molar-refractivity contribution < 1.29 is 15.1 Å². The Morgan fingerprint density at radius 3 is 0.783 bits per heavy atom. The predicted octanol–water partition coefficient (Wildman–Crippen LogP) is 1.53. The molecule has 126 valence electrons. The second-order valence-corrected chi connectivity index (χ2v) is 5.54. The largest absolute Gasteiger partial charge is 0.450 e. The number of halogens is 2. The van der Waals surface area contributed by atoms with Crippen LogP contribution in [0, 0.1) is 0 Å². The molecule has 4 rings (SSSR count). The molecule has 23 heavy (non-hydrogen) atoms. The van der Waals surface area contributed by atoms with Crippen molar-refractivity contribution in [2.24, 2.45) is 0 Å². The molecule has 0 fully saturated rings. The van der Waals surface area contributed by atoms with Crippen molar-refractivity contribution >= 4 is 19.4 Å². The van der Waals surface area contributed by atoms with Gasteiger partial charge in [-0.1, -0.05) is 74.9 Å². The van der Waals surface area contributed by atoms with Crippen LogP contribution in [0.25, 0.3) is 0 Å². The van der Waals surface area contributed by atoms with Crippen molar-refractivity contribution in [3.8, 4) is 0 Å². The molecular weight excluding hydrogens is 428 g/mol. The van der Waals surface area contributed by atoms with E-state index < -0.39 is 0 Å². The van der Waals surface area contributed by atoms with E-state index in [0.717, 1.165) is 0 Å². The van der Waals surface area contributed by atoms with E-state index in [1.54, 1.807) is 49.6 Å². The Morgan fingerprint density at radius 1 is 0.522 bits per heavy atom. The fourth-order valence-electron chi connectivity index (χ4n) is 0.770. The summed E-state index contributed by atoms with van der Waals surface area (Å²) in [6.07, 6.45) is 19.1. The zero-order valence-electron chi connectivity index (χ0n) is 11.6. The van der Waals surface area contributed by atoms with Crippen LogP contribution in [0.2, 0.25) is 0 Å². The summed E-state index contributed by atoms with van der Waals surface area (Å²) in [5, 5.41) is 0. The Morgan fingerprint density at radius 2 is 0.739 bits per heavy atom. The van der Waals surface area contributed by atoms with E-state index >= 15 is 0 Å². The molecule has 4 aromatic rings. The smallest absolute Gasteiger partial charge is 0.0843 e. The summed E-state index contributed by atoms with van der Waals surface area (Å²) in [5.41, 5.74) is 0. The van der Waals surface area contributed by atoms with Gasteiger partial charge in [0.25, 0.3) is 0 Å². The fraction of sp³-hybridized carbons (Fsp3) is 0. The van der Waals surface area contributed by atoms with Gasteiger partial charge >= 0.3 is 34.5 Å². The number of hydrogen-bond donors (Lipinski definition) is 0. The maximum atomic E-state index is 4.85. The summed E-state index contributed by atoms with van der Waals surface area (Å²) in [5.74, 6) is 0. The molecule has 0 aromatic carbocycles. The van der Waals surface area contributed by atoms with Gasteiger partial charge in [-0.2, -0.15) is 0 Å². The van der Waals surface area contributed by atoms with Gasteiger partial charge in [0.15, 0.2) is 0 Å². The van der Waals surface area contributed by atoms with Gasteiger partial charge in [0.2, 0.25) is 0 Å². The maximum absolute atomic E-state index is 4.85. The molecule has 11 heteroatoms. The van der Waals surface area contributed by atoms with E-state index in [1.165, 1.54) is 25.3 Å². The fourth-order valence-corrected chi connectivity index (χ4v) is 0.770. The Bertz CT molecular complexity index is 380. The Kier molecular flexibility index (Phi) is 18.3. The molecule has 0 aliphatic carbocycles. The molecule has 0 spiro atoms. The summed E-state index contributed by atoms with van der Waals surface area (Å²) < 4.78 is 0. The second-order valence-electron chi connectivity index (χ2n) is 2.90. The van der Waals surface area contributed by atoms with E-state index in [-0.39, 0.29) is 15.1 Å². The van der Waals surface area contributed by atoms with Crippen LogP contribution in [0.3, 0.4) is 0 Å². The Balaban J connectivity index is 0.000000266.